The second kappa shape index (κ2) is 7.12. The van der Waals surface area contributed by atoms with Gasteiger partial charge in [0, 0.05) is 12.0 Å². The number of carbonyl (C=O) groups is 1. The van der Waals surface area contributed by atoms with E-state index in [1.807, 2.05) is 30.3 Å². The summed E-state index contributed by atoms with van der Waals surface area (Å²) in [5.74, 6) is 6.05. The van der Waals surface area contributed by atoms with Crippen LogP contribution in [-0.2, 0) is 0 Å². The van der Waals surface area contributed by atoms with Crippen molar-refractivity contribution in [2.24, 2.45) is 0 Å². The highest BCUT2D eigenvalue weighted by atomic mass is 16.5. The van der Waals surface area contributed by atoms with Crippen molar-refractivity contribution in [1.29, 1.82) is 0 Å². The highest BCUT2D eigenvalue weighted by molar-refractivity contribution is 6.09. The van der Waals surface area contributed by atoms with E-state index < -0.39 is 0 Å². The lowest BCUT2D eigenvalue weighted by molar-refractivity contribution is 0.105. The second-order valence-electron chi connectivity index (χ2n) is 4.51. The first-order valence-electron chi connectivity index (χ1n) is 6.61. The molecule has 2 aromatic rings. The molecule has 21 heavy (non-hydrogen) atoms. The third kappa shape index (κ3) is 4.09. The van der Waals surface area contributed by atoms with Crippen molar-refractivity contribution >= 4 is 11.4 Å². The smallest absolute Gasteiger partial charge is 0.235 e. The summed E-state index contributed by atoms with van der Waals surface area (Å²) in [7, 11) is 1.59. The molecule has 0 amide bonds. The Morgan fingerprint density at radius 1 is 1.05 bits per heavy atom. The highest BCUT2D eigenvalue weighted by Crippen LogP contribution is 2.15. The summed E-state index contributed by atoms with van der Waals surface area (Å²) in [5, 5.41) is 0. The van der Waals surface area contributed by atoms with Crippen LogP contribution in [0.2, 0.25) is 0 Å². The van der Waals surface area contributed by atoms with Crippen molar-refractivity contribution in [3.05, 3.63) is 72.3 Å². The van der Waals surface area contributed by atoms with Crippen molar-refractivity contribution in [2.45, 2.75) is 6.42 Å². The van der Waals surface area contributed by atoms with Gasteiger partial charge in [0.05, 0.1) is 7.11 Å². The molecule has 104 valence electrons. The summed E-state index contributed by atoms with van der Waals surface area (Å²) in [4.78, 5) is 11.9. The number of hydrogen-bond acceptors (Lipinski definition) is 2. The molecule has 0 heterocycles. The van der Waals surface area contributed by atoms with Crippen molar-refractivity contribution in [3.8, 4) is 17.6 Å². The fourth-order valence-electron chi connectivity index (χ4n) is 1.82. The molecule has 0 unspecified atom stereocenters. The van der Waals surface area contributed by atoms with Crippen molar-refractivity contribution < 1.29 is 9.53 Å². The number of allylic oxidation sites excluding steroid dienone is 1. The number of ketones is 1. The van der Waals surface area contributed by atoms with Gasteiger partial charge in [-0.3, -0.25) is 4.79 Å². The average Bonchev–Trinajstić information content (AvgIpc) is 2.55. The van der Waals surface area contributed by atoms with Gasteiger partial charge < -0.3 is 4.74 Å². The number of hydrogen-bond donors (Lipinski definition) is 0. The first-order chi connectivity index (χ1) is 10.2. The maximum Gasteiger partial charge on any atom is 0.235 e. The Balaban J connectivity index is 1.98. The highest BCUT2D eigenvalue weighted by Gasteiger charge is 2.02. The van der Waals surface area contributed by atoms with Crippen LogP contribution in [0.4, 0.5) is 0 Å². The molecule has 2 nitrogen and oxygen atoms in total. The summed E-state index contributed by atoms with van der Waals surface area (Å²) >= 11 is 0. The van der Waals surface area contributed by atoms with E-state index in [2.05, 4.69) is 18.4 Å². The largest absolute Gasteiger partial charge is 0.497 e. The van der Waals surface area contributed by atoms with Crippen LogP contribution >= 0.6 is 0 Å². The molecular weight excluding hydrogens is 260 g/mol. The van der Waals surface area contributed by atoms with E-state index >= 15 is 0 Å². The van der Waals surface area contributed by atoms with Gasteiger partial charge >= 0.3 is 0 Å². The van der Waals surface area contributed by atoms with Crippen molar-refractivity contribution in [3.63, 3.8) is 0 Å². The average molecular weight is 276 g/mol. The monoisotopic (exact) mass is 276 g/mol. The van der Waals surface area contributed by atoms with Crippen LogP contribution in [-0.4, -0.2) is 12.9 Å². The minimum atomic E-state index is -0.196. The predicted octanol–water partition coefficient (Wildman–Crippen LogP) is 3.98. The van der Waals surface area contributed by atoms with Gasteiger partial charge in [-0.2, -0.15) is 0 Å². The lowest BCUT2D eigenvalue weighted by Gasteiger charge is -2.00. The van der Waals surface area contributed by atoms with E-state index in [0.717, 1.165) is 16.9 Å². The van der Waals surface area contributed by atoms with E-state index in [9.17, 15) is 4.79 Å². The van der Waals surface area contributed by atoms with Crippen LogP contribution in [0.3, 0.4) is 0 Å². The summed E-state index contributed by atoms with van der Waals surface area (Å²) in [6.45, 7) is 3.99. The SMILES string of the molecule is C=C(CC#CC(=O)c1ccc(OC)cc1)c1ccccc1. The van der Waals surface area contributed by atoms with E-state index in [0.29, 0.717) is 12.0 Å². The molecule has 0 fully saturated rings. The number of methoxy groups -OCH3 is 1. The maximum absolute atomic E-state index is 11.9. The lowest BCUT2D eigenvalue weighted by atomic mass is 10.0. The Labute approximate surface area is 125 Å². The Kier molecular flexibility index (Phi) is 4.95. The molecule has 0 saturated heterocycles. The molecule has 0 N–H and O–H groups in total. The van der Waals surface area contributed by atoms with Crippen molar-refractivity contribution in [1.82, 2.24) is 0 Å². The molecule has 0 spiro atoms. The molecule has 0 aromatic heterocycles. The predicted molar refractivity (Wildman–Crippen MR) is 85.2 cm³/mol. The fourth-order valence-corrected chi connectivity index (χ4v) is 1.82. The number of carbonyl (C=O) groups excluding carboxylic acids is 1. The van der Waals surface area contributed by atoms with E-state index in [-0.39, 0.29) is 5.78 Å². The van der Waals surface area contributed by atoms with E-state index in [1.54, 1.807) is 31.4 Å². The third-order valence-corrected chi connectivity index (χ3v) is 3.04. The Bertz CT molecular complexity index is 686. The summed E-state index contributed by atoms with van der Waals surface area (Å²) < 4.78 is 5.05. The lowest BCUT2D eigenvalue weighted by Crippen LogP contribution is -1.95. The number of ether oxygens (including phenoxy) is 1. The van der Waals surface area contributed by atoms with Crippen LogP contribution in [0.25, 0.3) is 5.57 Å². The number of Topliss-reactive ketones (excluding diaryl/α,β-unsaturated/α-hetero) is 1. The van der Waals surface area contributed by atoms with Crippen LogP contribution in [0, 0.1) is 11.8 Å². The molecule has 2 heteroatoms. The number of rotatable bonds is 4. The van der Waals surface area contributed by atoms with E-state index in [1.165, 1.54) is 0 Å². The zero-order valence-electron chi connectivity index (χ0n) is 11.9. The molecule has 0 radical (unpaired) electrons. The van der Waals surface area contributed by atoms with Gasteiger partial charge in [-0.1, -0.05) is 42.8 Å². The van der Waals surface area contributed by atoms with E-state index in [4.69, 9.17) is 4.74 Å². The summed E-state index contributed by atoms with van der Waals surface area (Å²) in [6.07, 6.45) is 0.478. The van der Waals surface area contributed by atoms with Gasteiger partial charge in [0.15, 0.2) is 0 Å². The molecule has 0 aliphatic rings. The van der Waals surface area contributed by atoms with Gasteiger partial charge in [0.25, 0.3) is 0 Å². The van der Waals surface area contributed by atoms with Gasteiger partial charge in [-0.05, 0) is 41.3 Å². The standard InChI is InChI=1S/C19H16O2/c1-15(16-8-4-3-5-9-16)7-6-10-19(20)17-11-13-18(21-2)14-12-17/h3-5,8-9,11-14H,1,7H2,2H3. The zero-order valence-corrected chi connectivity index (χ0v) is 11.9. The molecule has 0 aliphatic carbocycles. The molecule has 0 bridgehead atoms. The van der Waals surface area contributed by atoms with Gasteiger partial charge in [0.1, 0.15) is 5.75 Å². The minimum Gasteiger partial charge on any atom is -0.497 e. The summed E-state index contributed by atoms with van der Waals surface area (Å²) in [5.41, 5.74) is 2.52. The van der Waals surface area contributed by atoms with Crippen LogP contribution in [0.1, 0.15) is 22.3 Å². The Morgan fingerprint density at radius 3 is 2.33 bits per heavy atom. The maximum atomic E-state index is 11.9. The molecular formula is C19H16O2. The van der Waals surface area contributed by atoms with Crippen LogP contribution in [0.5, 0.6) is 5.75 Å². The van der Waals surface area contributed by atoms with Crippen LogP contribution in [0.15, 0.2) is 61.2 Å². The molecule has 2 rings (SSSR count). The Hall–Kier alpha value is -2.79. The first kappa shape index (κ1) is 14.6. The topological polar surface area (TPSA) is 26.3 Å². The Morgan fingerprint density at radius 2 is 1.71 bits per heavy atom. The zero-order chi connectivity index (χ0) is 15.1. The van der Waals surface area contributed by atoms with Crippen LogP contribution < -0.4 is 4.74 Å². The molecule has 2 aromatic carbocycles. The fraction of sp³-hybridized carbons (Fsp3) is 0.105. The third-order valence-electron chi connectivity index (χ3n) is 3.04. The summed E-state index contributed by atoms with van der Waals surface area (Å²) in [6, 6.07) is 16.7. The first-order valence-corrected chi connectivity index (χ1v) is 6.61. The van der Waals surface area contributed by atoms with Gasteiger partial charge in [-0.25, -0.2) is 0 Å². The molecule has 0 saturated carbocycles. The molecule has 0 atom stereocenters. The number of benzene rings is 2. The normalized spacial score (nSPS) is 9.38. The van der Waals surface area contributed by atoms with Gasteiger partial charge in [0.2, 0.25) is 5.78 Å². The minimum absolute atomic E-state index is 0.196. The molecule has 0 aliphatic heterocycles. The quantitative estimate of drug-likeness (QED) is 0.479. The second-order valence-corrected chi connectivity index (χ2v) is 4.51. The van der Waals surface area contributed by atoms with Gasteiger partial charge in [-0.15, -0.1) is 0 Å². The van der Waals surface area contributed by atoms with Crippen molar-refractivity contribution in [2.75, 3.05) is 7.11 Å².